The largest absolute Gasteiger partial charge is 0.379 e. The van der Waals surface area contributed by atoms with Gasteiger partial charge in [-0.25, -0.2) is 4.98 Å². The number of nitrogens with one attached hydrogen (secondary N) is 2. The lowest BCUT2D eigenvalue weighted by Gasteiger charge is -2.26. The normalized spacial score (nSPS) is 18.9. The molecule has 2 atom stereocenters. The Morgan fingerprint density at radius 3 is 2.60 bits per heavy atom. The first-order chi connectivity index (χ1) is 21.7. The number of hydrogen-bond acceptors (Lipinski definition) is 7. The predicted octanol–water partition coefficient (Wildman–Crippen LogP) is 5.07. The Kier molecular flexibility index (Phi) is 10.6. The van der Waals surface area contributed by atoms with Crippen molar-refractivity contribution in [1.29, 1.82) is 0 Å². The number of hydrogen-bond donors (Lipinski definition) is 2. The minimum absolute atomic E-state index is 0.00652. The van der Waals surface area contributed by atoms with Crippen molar-refractivity contribution in [1.82, 2.24) is 15.2 Å². The number of benzene rings is 2. The number of carbonyl (C=O) groups is 3. The molecule has 0 radical (unpaired) electrons. The molecule has 238 valence electrons. The molecule has 1 saturated heterocycles. The lowest BCUT2D eigenvalue weighted by Crippen LogP contribution is -2.41. The molecular formula is C36H45N5O4. The SMILES string of the molecule is CC(C)Nc1cc(-c2ccc3c(c2)N(C)C(=O)[C@@H](C)C(CCCc2cccc(C(=O)NCCN4CCOCC4)c2)C3=O)ccn1. The zero-order valence-electron chi connectivity index (χ0n) is 26.8. The van der Waals surface area contributed by atoms with E-state index in [-0.39, 0.29) is 23.6 Å². The van der Waals surface area contributed by atoms with E-state index in [4.69, 9.17) is 4.74 Å². The molecule has 2 aliphatic rings. The monoisotopic (exact) mass is 611 g/mol. The summed E-state index contributed by atoms with van der Waals surface area (Å²) in [5.74, 6) is -0.210. The quantitative estimate of drug-likeness (QED) is 0.312. The molecule has 0 saturated carbocycles. The second kappa shape index (κ2) is 14.8. The Morgan fingerprint density at radius 2 is 1.82 bits per heavy atom. The van der Waals surface area contributed by atoms with Gasteiger partial charge in [0.2, 0.25) is 5.91 Å². The molecule has 2 aliphatic heterocycles. The van der Waals surface area contributed by atoms with Crippen molar-refractivity contribution in [3.05, 3.63) is 77.5 Å². The van der Waals surface area contributed by atoms with Crippen molar-refractivity contribution in [2.45, 2.75) is 46.1 Å². The van der Waals surface area contributed by atoms with Crippen molar-refractivity contribution in [3.63, 3.8) is 0 Å². The smallest absolute Gasteiger partial charge is 0.251 e. The van der Waals surface area contributed by atoms with E-state index in [9.17, 15) is 14.4 Å². The molecule has 2 N–H and O–H groups in total. The number of carbonyl (C=O) groups excluding carboxylic acids is 3. The Morgan fingerprint density at radius 1 is 1.04 bits per heavy atom. The van der Waals surface area contributed by atoms with Gasteiger partial charge >= 0.3 is 0 Å². The maximum atomic E-state index is 13.9. The molecule has 1 fully saturated rings. The number of ketones is 1. The molecule has 1 aromatic heterocycles. The number of aryl methyl sites for hydroxylation is 1. The van der Waals surface area contributed by atoms with Crippen LogP contribution in [0.25, 0.3) is 11.1 Å². The Hall–Kier alpha value is -4.08. The maximum Gasteiger partial charge on any atom is 0.251 e. The number of aromatic nitrogens is 1. The van der Waals surface area contributed by atoms with Crippen molar-refractivity contribution < 1.29 is 19.1 Å². The predicted molar refractivity (Wildman–Crippen MR) is 178 cm³/mol. The molecule has 2 aromatic carbocycles. The van der Waals surface area contributed by atoms with E-state index in [1.165, 1.54) is 0 Å². The van der Waals surface area contributed by atoms with E-state index in [1.54, 1.807) is 18.1 Å². The Bertz CT molecular complexity index is 1520. The molecule has 9 heteroatoms. The van der Waals surface area contributed by atoms with Gasteiger partial charge in [0.1, 0.15) is 5.82 Å². The third kappa shape index (κ3) is 7.96. The van der Waals surface area contributed by atoms with Gasteiger partial charge in [-0.05, 0) is 86.2 Å². The summed E-state index contributed by atoms with van der Waals surface area (Å²) in [4.78, 5) is 48.5. The van der Waals surface area contributed by atoms with E-state index in [0.717, 1.165) is 68.2 Å². The number of anilines is 2. The van der Waals surface area contributed by atoms with Gasteiger partial charge in [0.05, 0.1) is 18.9 Å². The van der Waals surface area contributed by atoms with E-state index in [0.29, 0.717) is 29.8 Å². The fraction of sp³-hybridized carbons (Fsp3) is 0.444. The van der Waals surface area contributed by atoms with E-state index >= 15 is 0 Å². The lowest BCUT2D eigenvalue weighted by molar-refractivity contribution is -0.122. The van der Waals surface area contributed by atoms with Gasteiger partial charge in [0.15, 0.2) is 5.78 Å². The summed E-state index contributed by atoms with van der Waals surface area (Å²) in [5, 5.41) is 6.35. The summed E-state index contributed by atoms with van der Waals surface area (Å²) in [6.45, 7) is 10.7. The summed E-state index contributed by atoms with van der Waals surface area (Å²) >= 11 is 0. The zero-order chi connectivity index (χ0) is 31.9. The van der Waals surface area contributed by atoms with Crippen molar-refractivity contribution in [3.8, 4) is 11.1 Å². The van der Waals surface area contributed by atoms with Crippen LogP contribution in [0.2, 0.25) is 0 Å². The molecule has 1 unspecified atom stereocenters. The van der Waals surface area contributed by atoms with Crippen LogP contribution in [-0.2, 0) is 16.0 Å². The van der Waals surface area contributed by atoms with Gasteiger partial charge in [-0.3, -0.25) is 19.3 Å². The van der Waals surface area contributed by atoms with Crippen LogP contribution in [0, 0.1) is 11.8 Å². The van der Waals surface area contributed by atoms with Crippen LogP contribution in [0.15, 0.2) is 60.8 Å². The van der Waals surface area contributed by atoms with Crippen molar-refractivity contribution in [2.75, 3.05) is 56.7 Å². The maximum absolute atomic E-state index is 13.9. The minimum atomic E-state index is -0.440. The highest BCUT2D eigenvalue weighted by Gasteiger charge is 2.38. The molecule has 3 aromatic rings. The second-order valence-corrected chi connectivity index (χ2v) is 12.4. The molecule has 0 bridgehead atoms. The zero-order valence-corrected chi connectivity index (χ0v) is 26.8. The first-order valence-corrected chi connectivity index (χ1v) is 16.1. The van der Waals surface area contributed by atoms with Crippen LogP contribution in [0.1, 0.15) is 59.9 Å². The van der Waals surface area contributed by atoms with Gasteiger partial charge in [-0.15, -0.1) is 0 Å². The number of pyridine rings is 1. The standard InChI is InChI=1S/C36H45N5O4/c1-24(2)39-33-23-28(13-14-37-33)27-11-12-31-32(22-27)40(4)36(44)25(3)30(34(31)42)10-6-8-26-7-5-9-29(21-26)35(43)38-15-16-41-17-19-45-20-18-41/h5,7,9,11-14,21-25,30H,6,8,10,15-20H2,1-4H3,(H,37,39)(H,38,43)/t25-,30?/m0/s1. The van der Waals surface area contributed by atoms with Crippen LogP contribution >= 0.6 is 0 Å². The average Bonchev–Trinajstić information content (AvgIpc) is 3.11. The summed E-state index contributed by atoms with van der Waals surface area (Å²) in [6, 6.07) is 17.6. The number of morpholine rings is 1. The summed E-state index contributed by atoms with van der Waals surface area (Å²) in [5.41, 5.74) is 4.78. The third-order valence-electron chi connectivity index (χ3n) is 8.80. The molecule has 0 aliphatic carbocycles. The Balaban J connectivity index is 1.23. The number of rotatable bonds is 11. The molecule has 0 spiro atoms. The molecule has 2 amide bonds. The average molecular weight is 612 g/mol. The van der Waals surface area contributed by atoms with Crippen LogP contribution < -0.4 is 15.5 Å². The first-order valence-electron chi connectivity index (χ1n) is 16.1. The highest BCUT2D eigenvalue weighted by atomic mass is 16.5. The topological polar surface area (TPSA) is 104 Å². The van der Waals surface area contributed by atoms with E-state index < -0.39 is 11.8 Å². The molecule has 9 nitrogen and oxygen atoms in total. The van der Waals surface area contributed by atoms with Crippen LogP contribution in [0.3, 0.4) is 0 Å². The van der Waals surface area contributed by atoms with E-state index in [2.05, 4.69) is 34.4 Å². The van der Waals surface area contributed by atoms with Crippen LogP contribution in [-0.4, -0.2) is 80.0 Å². The van der Waals surface area contributed by atoms with E-state index in [1.807, 2.05) is 61.5 Å². The van der Waals surface area contributed by atoms with Gasteiger partial charge in [-0.1, -0.05) is 25.1 Å². The number of Topliss-reactive ketones (excluding diaryl/α,β-unsaturated/α-hetero) is 1. The number of nitrogens with zero attached hydrogens (tertiary/aromatic N) is 3. The molecule has 45 heavy (non-hydrogen) atoms. The minimum Gasteiger partial charge on any atom is -0.379 e. The molecular weight excluding hydrogens is 566 g/mol. The highest BCUT2D eigenvalue weighted by Crippen LogP contribution is 2.37. The highest BCUT2D eigenvalue weighted by molar-refractivity contribution is 6.12. The molecule has 5 rings (SSSR count). The van der Waals surface area contributed by atoms with Crippen molar-refractivity contribution >= 4 is 29.1 Å². The van der Waals surface area contributed by atoms with Crippen LogP contribution in [0.4, 0.5) is 11.5 Å². The van der Waals surface area contributed by atoms with Crippen molar-refractivity contribution in [2.24, 2.45) is 11.8 Å². The lowest BCUT2D eigenvalue weighted by atomic mass is 9.83. The van der Waals surface area contributed by atoms with Crippen LogP contribution in [0.5, 0.6) is 0 Å². The fourth-order valence-electron chi connectivity index (χ4n) is 6.23. The molecule has 3 heterocycles. The summed E-state index contributed by atoms with van der Waals surface area (Å²) < 4.78 is 5.39. The first kappa shape index (κ1) is 32.3. The Labute approximate surface area is 266 Å². The number of ether oxygens (including phenoxy) is 1. The van der Waals surface area contributed by atoms with Gasteiger partial charge in [0, 0.05) is 68.4 Å². The number of fused-ring (bicyclic) bond motifs is 1. The fourth-order valence-corrected chi connectivity index (χ4v) is 6.23. The van der Waals surface area contributed by atoms with Gasteiger partial charge < -0.3 is 20.3 Å². The number of amides is 2. The van der Waals surface area contributed by atoms with Gasteiger partial charge in [-0.2, -0.15) is 0 Å². The van der Waals surface area contributed by atoms with Gasteiger partial charge in [0.25, 0.3) is 5.91 Å². The third-order valence-corrected chi connectivity index (χ3v) is 8.80. The second-order valence-electron chi connectivity index (χ2n) is 12.4. The summed E-state index contributed by atoms with van der Waals surface area (Å²) in [6.07, 6.45) is 3.80. The summed E-state index contributed by atoms with van der Waals surface area (Å²) in [7, 11) is 1.76.